The first-order valence-electron chi connectivity index (χ1n) is 28.3. The van der Waals surface area contributed by atoms with Crippen LogP contribution in [0.4, 0.5) is 0 Å². The van der Waals surface area contributed by atoms with Crippen molar-refractivity contribution in [1.82, 2.24) is 0 Å². The van der Waals surface area contributed by atoms with Gasteiger partial charge < -0.3 is 0 Å². The second kappa shape index (κ2) is 22.9. The van der Waals surface area contributed by atoms with E-state index in [0.29, 0.717) is 0 Å². The van der Waals surface area contributed by atoms with Gasteiger partial charge in [0.15, 0.2) is 0 Å². The molecule has 328 valence electrons. The van der Waals surface area contributed by atoms with Gasteiger partial charge in [-0.2, -0.15) is 0 Å². The van der Waals surface area contributed by atoms with Gasteiger partial charge in [0.2, 0.25) is 0 Å². The van der Waals surface area contributed by atoms with E-state index in [-0.39, 0.29) is 0 Å². The fraction of sp³-hybridized carbons (Fsp3) is 1.00. The summed E-state index contributed by atoms with van der Waals surface area (Å²) in [6.07, 6.45) is 68.9. The van der Waals surface area contributed by atoms with Gasteiger partial charge >= 0.3 is 375 Å². The first-order chi connectivity index (χ1) is 28.5. The zero-order valence-electron chi connectivity index (χ0n) is 38.9. The maximum atomic E-state index is 5.10. The molecule has 0 N–H and O–H groups in total. The summed E-state index contributed by atoms with van der Waals surface area (Å²) in [4.78, 5) is 0. The normalized spacial score (nSPS) is 33.2. The Morgan fingerprint density at radius 3 is 0.603 bits per heavy atom. The standard InChI is InChI=1S/C52H96B4BrP/c57-58(41-9-1-5-37-53-45-21-13-22-46(53)24-14-23-45,42-10-2-6-38-54-47-25-15-26-48(54)28-16-27-47,43-11-3-7-39-55-49-29-17-30-50(55)32-18-31-49)44-12-4-8-40-56-51-33-19-34-52(56)36-20-35-51/h45-52H,1-44H2. The molecule has 8 aliphatic heterocycles. The topological polar surface area (TPSA) is 0 Å². The summed E-state index contributed by atoms with van der Waals surface area (Å²) in [5.74, 6) is 8.87. The third-order valence-corrected chi connectivity index (χ3v) is 31.1. The van der Waals surface area contributed by atoms with Gasteiger partial charge in [-0.25, -0.2) is 0 Å². The summed E-state index contributed by atoms with van der Waals surface area (Å²) in [7, 11) is 0. The molecule has 0 atom stereocenters. The van der Waals surface area contributed by atoms with E-state index < -0.39 is 5.31 Å². The second-order valence-corrected chi connectivity index (χ2v) is 35.7. The molecule has 0 aromatic rings. The summed E-state index contributed by atoms with van der Waals surface area (Å²) < 4.78 is 0. The number of fused-ring (bicyclic) bond motifs is 8. The van der Waals surface area contributed by atoms with Crippen LogP contribution >= 0.6 is 20.8 Å². The van der Waals surface area contributed by atoms with Gasteiger partial charge in [0, 0.05) is 0 Å². The van der Waals surface area contributed by atoms with Crippen molar-refractivity contribution in [3.8, 4) is 0 Å². The number of hydrogen-bond acceptors (Lipinski definition) is 0. The summed E-state index contributed by atoms with van der Waals surface area (Å²) in [5.41, 5.74) is 0. The molecule has 8 fully saturated rings. The van der Waals surface area contributed by atoms with E-state index in [1.165, 1.54) is 0 Å². The molecule has 0 radical (unpaired) electrons. The molecule has 8 aliphatic rings. The third-order valence-electron chi connectivity index (χ3n) is 21.1. The summed E-state index contributed by atoms with van der Waals surface area (Å²) in [5, 5.41) is -1.94. The van der Waals surface area contributed by atoms with Crippen LogP contribution in [0.5, 0.6) is 0 Å². The minimum absolute atomic E-state index is 1.11. The quantitative estimate of drug-likeness (QED) is 0.0515. The van der Waals surface area contributed by atoms with Crippen molar-refractivity contribution in [3.63, 3.8) is 0 Å². The predicted molar refractivity (Wildman–Crippen MR) is 274 cm³/mol. The van der Waals surface area contributed by atoms with Crippen LogP contribution in [0, 0.1) is 0 Å². The Morgan fingerprint density at radius 1 is 0.259 bits per heavy atom. The molecule has 0 unspecified atom stereocenters. The van der Waals surface area contributed by atoms with Gasteiger partial charge in [-0.05, 0) is 0 Å². The molecule has 0 nitrogen and oxygen atoms in total. The van der Waals surface area contributed by atoms with Crippen LogP contribution in [0.1, 0.15) is 231 Å². The number of halogens is 1. The molecule has 8 saturated heterocycles. The fourth-order valence-electron chi connectivity index (χ4n) is 18.1. The van der Waals surface area contributed by atoms with Crippen LogP contribution < -0.4 is 0 Å². The van der Waals surface area contributed by atoms with Crippen molar-refractivity contribution < 1.29 is 0 Å². The van der Waals surface area contributed by atoms with Gasteiger partial charge in [0.25, 0.3) is 0 Å². The predicted octanol–water partition coefficient (Wildman–Crippen LogP) is 18.9. The Bertz CT molecular complexity index is 932. The Labute approximate surface area is 373 Å². The Morgan fingerprint density at radius 2 is 0.431 bits per heavy atom. The van der Waals surface area contributed by atoms with E-state index in [9.17, 15) is 0 Å². The minimum atomic E-state index is -1.94. The first-order valence-corrected chi connectivity index (χ1v) is 33.3. The first kappa shape index (κ1) is 45.7. The van der Waals surface area contributed by atoms with E-state index in [4.69, 9.17) is 15.5 Å². The number of rotatable bonds is 24. The van der Waals surface area contributed by atoms with Crippen LogP contribution in [0.25, 0.3) is 0 Å². The van der Waals surface area contributed by atoms with Gasteiger partial charge in [-0.1, -0.05) is 0 Å². The molecule has 8 heterocycles. The average Bonchev–Trinajstić information content (AvgIpc) is 3.20. The van der Waals surface area contributed by atoms with Crippen LogP contribution in [0.3, 0.4) is 0 Å². The number of unbranched alkanes of at least 4 members (excludes halogenated alkanes) is 8. The molecule has 0 aliphatic carbocycles. The van der Waals surface area contributed by atoms with Gasteiger partial charge in [0.05, 0.1) is 0 Å². The zero-order chi connectivity index (χ0) is 39.5. The van der Waals surface area contributed by atoms with Crippen LogP contribution in [0.2, 0.25) is 71.8 Å². The molecule has 6 heteroatoms. The van der Waals surface area contributed by atoms with E-state index in [0.717, 1.165) is 73.4 Å². The van der Waals surface area contributed by atoms with Gasteiger partial charge in [-0.15, -0.1) is 0 Å². The molecule has 0 saturated carbocycles. The number of hydrogen-bond donors (Lipinski definition) is 0. The van der Waals surface area contributed by atoms with E-state index in [1.54, 1.807) is 281 Å². The Balaban J connectivity index is 0.878. The van der Waals surface area contributed by atoms with Crippen molar-refractivity contribution in [1.29, 1.82) is 0 Å². The SMILES string of the molecule is BrP(CCCCCB1C2CCCC1CCC2)(CCCCCB1C2CCCC1CCC2)(CCCCCB1C2CCCC1CCC2)CCCCCB1C2CCCC1CCC2. The molecule has 58 heavy (non-hydrogen) atoms. The van der Waals surface area contributed by atoms with Gasteiger partial charge in [0.1, 0.15) is 0 Å². The van der Waals surface area contributed by atoms with Crippen molar-refractivity contribution in [2.45, 2.75) is 303 Å². The summed E-state index contributed by atoms with van der Waals surface area (Å²) >= 11 is 5.10. The molecular formula is C52H96B4BrP. The molecule has 0 spiro atoms. The molecule has 0 aromatic heterocycles. The average molecular weight is 875 g/mol. The fourth-order valence-corrected chi connectivity index (χ4v) is 26.5. The molecule has 8 bridgehead atoms. The monoisotopic (exact) mass is 875 g/mol. The van der Waals surface area contributed by atoms with Crippen LogP contribution in [-0.2, 0) is 0 Å². The van der Waals surface area contributed by atoms with Crippen molar-refractivity contribution in [2.24, 2.45) is 0 Å². The molecule has 8 rings (SSSR count). The maximum absolute atomic E-state index is 5.10. The van der Waals surface area contributed by atoms with Crippen molar-refractivity contribution in [3.05, 3.63) is 0 Å². The van der Waals surface area contributed by atoms with E-state index in [1.807, 2.05) is 0 Å². The Kier molecular flexibility index (Phi) is 18.0. The van der Waals surface area contributed by atoms with Crippen molar-refractivity contribution in [2.75, 3.05) is 24.6 Å². The zero-order valence-corrected chi connectivity index (χ0v) is 41.3. The van der Waals surface area contributed by atoms with Gasteiger partial charge in [-0.3, -0.25) is 0 Å². The molecule has 0 amide bonds. The molecular weight excluding hydrogens is 779 g/mol. The summed E-state index contributed by atoms with van der Waals surface area (Å²) in [6.45, 7) is 4.44. The van der Waals surface area contributed by atoms with Crippen LogP contribution in [-0.4, -0.2) is 51.5 Å². The Hall–Kier alpha value is 1.17. The summed E-state index contributed by atoms with van der Waals surface area (Å²) in [6, 6.07) is 0. The van der Waals surface area contributed by atoms with Crippen LogP contribution in [0.15, 0.2) is 0 Å². The van der Waals surface area contributed by atoms with E-state index in [2.05, 4.69) is 0 Å². The van der Waals surface area contributed by atoms with Crippen molar-refractivity contribution >= 4 is 47.6 Å². The third kappa shape index (κ3) is 12.3. The second-order valence-electron chi connectivity index (χ2n) is 24.3. The van der Waals surface area contributed by atoms with E-state index >= 15 is 0 Å². The molecule has 0 aromatic carbocycles.